The molecule has 0 atom stereocenters. The average molecular weight is 318 g/mol. The third kappa shape index (κ3) is 2.19. The minimum atomic E-state index is 0.758. The fraction of sp³-hybridized carbons (Fsp3) is 0.154. The quantitative estimate of drug-likeness (QED) is 0.788. The molecule has 0 saturated carbocycles. The third-order valence-corrected chi connectivity index (χ3v) is 3.82. The fourth-order valence-corrected chi connectivity index (χ4v) is 2.25. The van der Waals surface area contributed by atoms with Crippen LogP contribution in [0.3, 0.4) is 0 Å². The lowest BCUT2D eigenvalue weighted by Crippen LogP contribution is -1.97. The molecule has 0 amide bonds. The molecule has 0 spiro atoms. The maximum atomic E-state index is 4.28. The van der Waals surface area contributed by atoms with Gasteiger partial charge in [-0.15, -0.1) is 0 Å². The molecule has 0 aliphatic heterocycles. The molecule has 2 aromatic heterocycles. The van der Waals surface area contributed by atoms with E-state index in [1.165, 1.54) is 11.9 Å². The molecule has 2 heterocycles. The van der Waals surface area contributed by atoms with Crippen LogP contribution in [0.4, 0.5) is 11.5 Å². The van der Waals surface area contributed by atoms with Crippen molar-refractivity contribution in [3.63, 3.8) is 0 Å². The van der Waals surface area contributed by atoms with E-state index in [2.05, 4.69) is 43.2 Å². The van der Waals surface area contributed by atoms with Crippen LogP contribution >= 0.6 is 15.9 Å². The van der Waals surface area contributed by atoms with Gasteiger partial charge in [0.05, 0.1) is 11.6 Å². The summed E-state index contributed by atoms with van der Waals surface area (Å²) in [6, 6.07) is 6.10. The summed E-state index contributed by atoms with van der Waals surface area (Å²) in [5.41, 5.74) is 2.98. The van der Waals surface area contributed by atoms with Crippen LogP contribution in [0.25, 0.3) is 11.0 Å². The van der Waals surface area contributed by atoms with Gasteiger partial charge in [0.2, 0.25) is 0 Å². The van der Waals surface area contributed by atoms with Crippen LogP contribution < -0.4 is 5.32 Å². The minimum Gasteiger partial charge on any atom is -0.339 e. The van der Waals surface area contributed by atoms with Gasteiger partial charge in [-0.25, -0.2) is 9.97 Å². The number of benzene rings is 1. The number of fused-ring (bicyclic) bond motifs is 1. The Morgan fingerprint density at radius 3 is 2.89 bits per heavy atom. The topological polar surface area (TPSA) is 55.6 Å². The fourth-order valence-electron chi connectivity index (χ4n) is 1.87. The molecule has 0 saturated heterocycles. The Kier molecular flexibility index (Phi) is 2.94. The SMILES string of the molecule is Cc1ccc(Nc2ncnc3c2cnn3C)cc1Br. The van der Waals surface area contributed by atoms with Crippen LogP contribution in [0.1, 0.15) is 5.56 Å². The maximum Gasteiger partial charge on any atom is 0.163 e. The molecule has 3 aromatic rings. The molecule has 0 radical (unpaired) electrons. The van der Waals surface area contributed by atoms with Crippen molar-refractivity contribution in [3.8, 4) is 0 Å². The van der Waals surface area contributed by atoms with Crippen LogP contribution in [-0.4, -0.2) is 19.7 Å². The van der Waals surface area contributed by atoms with Gasteiger partial charge in [-0.2, -0.15) is 5.10 Å². The lowest BCUT2D eigenvalue weighted by molar-refractivity contribution is 0.785. The molecule has 0 bridgehead atoms. The molecule has 1 N–H and O–H groups in total. The van der Waals surface area contributed by atoms with Crippen molar-refractivity contribution in [2.24, 2.45) is 7.05 Å². The Labute approximate surface area is 118 Å². The number of halogens is 1. The van der Waals surface area contributed by atoms with Crippen LogP contribution in [0.2, 0.25) is 0 Å². The molecule has 6 heteroatoms. The van der Waals surface area contributed by atoms with E-state index in [1.54, 1.807) is 10.9 Å². The van der Waals surface area contributed by atoms with Crippen molar-refractivity contribution in [3.05, 3.63) is 40.8 Å². The van der Waals surface area contributed by atoms with Gasteiger partial charge in [0.15, 0.2) is 5.65 Å². The summed E-state index contributed by atoms with van der Waals surface area (Å²) in [5.74, 6) is 0.758. The summed E-state index contributed by atoms with van der Waals surface area (Å²) in [6.45, 7) is 2.05. The molecule has 19 heavy (non-hydrogen) atoms. The smallest absolute Gasteiger partial charge is 0.163 e. The molecule has 0 aliphatic rings. The molecule has 5 nitrogen and oxygen atoms in total. The Morgan fingerprint density at radius 2 is 2.11 bits per heavy atom. The van der Waals surface area contributed by atoms with Crippen molar-refractivity contribution in [2.45, 2.75) is 6.92 Å². The average Bonchev–Trinajstić information content (AvgIpc) is 2.77. The van der Waals surface area contributed by atoms with Gasteiger partial charge in [0, 0.05) is 17.2 Å². The first-order chi connectivity index (χ1) is 9.15. The van der Waals surface area contributed by atoms with Gasteiger partial charge in [0.25, 0.3) is 0 Å². The molecule has 96 valence electrons. The number of nitrogens with zero attached hydrogens (tertiary/aromatic N) is 4. The zero-order chi connectivity index (χ0) is 13.4. The third-order valence-electron chi connectivity index (χ3n) is 2.96. The second-order valence-corrected chi connectivity index (χ2v) is 5.17. The molecular weight excluding hydrogens is 306 g/mol. The number of nitrogens with one attached hydrogen (secondary N) is 1. The predicted molar refractivity (Wildman–Crippen MR) is 78.5 cm³/mol. The normalized spacial score (nSPS) is 10.9. The highest BCUT2D eigenvalue weighted by molar-refractivity contribution is 9.10. The Hall–Kier alpha value is -1.95. The van der Waals surface area contributed by atoms with Gasteiger partial charge in [-0.05, 0) is 24.6 Å². The summed E-state index contributed by atoms with van der Waals surface area (Å²) in [7, 11) is 1.86. The van der Waals surface area contributed by atoms with E-state index in [9.17, 15) is 0 Å². The highest BCUT2D eigenvalue weighted by Gasteiger charge is 2.08. The number of anilines is 2. The minimum absolute atomic E-state index is 0.758. The summed E-state index contributed by atoms with van der Waals surface area (Å²) in [5, 5.41) is 8.39. The van der Waals surface area contributed by atoms with E-state index in [-0.39, 0.29) is 0 Å². The van der Waals surface area contributed by atoms with Gasteiger partial charge in [-0.1, -0.05) is 22.0 Å². The number of hydrogen-bond acceptors (Lipinski definition) is 4. The Bertz CT molecular complexity index is 750. The molecule has 0 unspecified atom stereocenters. The van der Waals surface area contributed by atoms with Gasteiger partial charge >= 0.3 is 0 Å². The van der Waals surface area contributed by atoms with Crippen molar-refractivity contribution >= 4 is 38.5 Å². The van der Waals surface area contributed by atoms with Gasteiger partial charge in [-0.3, -0.25) is 4.68 Å². The molecule has 1 aromatic carbocycles. The molecule has 0 aliphatic carbocycles. The van der Waals surface area contributed by atoms with Crippen molar-refractivity contribution in [2.75, 3.05) is 5.32 Å². The summed E-state index contributed by atoms with van der Waals surface area (Å²) in [6.07, 6.45) is 3.30. The van der Waals surface area contributed by atoms with E-state index >= 15 is 0 Å². The van der Waals surface area contributed by atoms with Crippen LogP contribution in [-0.2, 0) is 7.05 Å². The zero-order valence-electron chi connectivity index (χ0n) is 10.6. The number of hydrogen-bond donors (Lipinski definition) is 1. The first kappa shape index (κ1) is 12.1. The number of aromatic nitrogens is 4. The second-order valence-electron chi connectivity index (χ2n) is 4.32. The van der Waals surface area contributed by atoms with E-state index in [1.807, 2.05) is 25.2 Å². The molecule has 3 rings (SSSR count). The summed E-state index contributed by atoms with van der Waals surface area (Å²) in [4.78, 5) is 8.49. The number of rotatable bonds is 2. The summed E-state index contributed by atoms with van der Waals surface area (Å²) < 4.78 is 2.79. The standard InChI is InChI=1S/C13H12BrN5/c1-8-3-4-9(5-11(8)14)18-12-10-6-17-19(2)13(10)16-7-15-12/h3-7H,1-2H3,(H,15,16,18). The largest absolute Gasteiger partial charge is 0.339 e. The van der Waals surface area contributed by atoms with Crippen molar-refractivity contribution < 1.29 is 0 Å². The van der Waals surface area contributed by atoms with E-state index in [0.717, 1.165) is 27.0 Å². The van der Waals surface area contributed by atoms with E-state index in [4.69, 9.17) is 0 Å². The second kappa shape index (κ2) is 4.62. The van der Waals surface area contributed by atoms with Gasteiger partial charge < -0.3 is 5.32 Å². The lowest BCUT2D eigenvalue weighted by Gasteiger charge is -2.07. The Balaban J connectivity index is 2.03. The maximum absolute atomic E-state index is 4.28. The van der Waals surface area contributed by atoms with E-state index < -0.39 is 0 Å². The van der Waals surface area contributed by atoms with Crippen LogP contribution in [0.15, 0.2) is 35.2 Å². The molecule has 0 fully saturated rings. The first-order valence-corrected chi connectivity index (χ1v) is 6.60. The van der Waals surface area contributed by atoms with Crippen molar-refractivity contribution in [1.82, 2.24) is 19.7 Å². The lowest BCUT2D eigenvalue weighted by atomic mass is 10.2. The van der Waals surface area contributed by atoms with Gasteiger partial charge in [0.1, 0.15) is 12.1 Å². The van der Waals surface area contributed by atoms with E-state index in [0.29, 0.717) is 0 Å². The predicted octanol–water partition coefficient (Wildman–Crippen LogP) is 3.18. The van der Waals surface area contributed by atoms with Crippen LogP contribution in [0.5, 0.6) is 0 Å². The van der Waals surface area contributed by atoms with Crippen molar-refractivity contribution in [1.29, 1.82) is 0 Å². The number of aryl methyl sites for hydroxylation is 2. The van der Waals surface area contributed by atoms with Crippen LogP contribution in [0, 0.1) is 6.92 Å². The Morgan fingerprint density at radius 1 is 1.26 bits per heavy atom. The summed E-state index contributed by atoms with van der Waals surface area (Å²) >= 11 is 3.52. The molecular formula is C13H12BrN5. The monoisotopic (exact) mass is 317 g/mol. The first-order valence-electron chi connectivity index (χ1n) is 5.81. The zero-order valence-corrected chi connectivity index (χ0v) is 12.1. The highest BCUT2D eigenvalue weighted by Crippen LogP contribution is 2.25. The highest BCUT2D eigenvalue weighted by atomic mass is 79.9.